The van der Waals surface area contributed by atoms with E-state index in [1.807, 2.05) is 39.0 Å². The summed E-state index contributed by atoms with van der Waals surface area (Å²) in [7, 11) is 0. The van der Waals surface area contributed by atoms with E-state index in [0.29, 0.717) is 32.5 Å². The van der Waals surface area contributed by atoms with Gasteiger partial charge >= 0.3 is 6.03 Å². The number of benzene rings is 2. The first-order valence-corrected chi connectivity index (χ1v) is 9.93. The first-order valence-electron chi connectivity index (χ1n) is 9.93. The van der Waals surface area contributed by atoms with Gasteiger partial charge in [0.25, 0.3) is 0 Å². The highest BCUT2D eigenvalue weighted by atomic mass is 19.1. The summed E-state index contributed by atoms with van der Waals surface area (Å²) < 4.78 is 13.0. The number of aryl methyl sites for hydroxylation is 2. The van der Waals surface area contributed by atoms with Gasteiger partial charge < -0.3 is 15.5 Å². The Morgan fingerprint density at radius 1 is 1.07 bits per heavy atom. The van der Waals surface area contributed by atoms with E-state index in [9.17, 15) is 14.0 Å². The maximum absolute atomic E-state index is 13.0. The van der Waals surface area contributed by atoms with Crippen molar-refractivity contribution in [3.05, 3.63) is 65.0 Å². The van der Waals surface area contributed by atoms with E-state index in [1.165, 1.54) is 12.1 Å². The molecule has 2 aromatic rings. The Hall–Kier alpha value is -2.89. The number of urea groups is 1. The normalized spacial score (nSPS) is 15.7. The van der Waals surface area contributed by atoms with Crippen LogP contribution in [0.5, 0.6) is 0 Å². The molecule has 5 nitrogen and oxygen atoms in total. The highest BCUT2D eigenvalue weighted by molar-refractivity contribution is 5.90. The van der Waals surface area contributed by atoms with E-state index >= 15 is 0 Å². The number of carbonyl (C=O) groups is 2. The number of nitrogens with zero attached hydrogens (tertiary/aromatic N) is 1. The van der Waals surface area contributed by atoms with E-state index in [1.54, 1.807) is 17.0 Å². The van der Waals surface area contributed by atoms with Crippen LogP contribution >= 0.6 is 0 Å². The van der Waals surface area contributed by atoms with Gasteiger partial charge in [-0.25, -0.2) is 9.18 Å². The molecule has 29 heavy (non-hydrogen) atoms. The van der Waals surface area contributed by atoms with Crippen molar-refractivity contribution in [3.63, 3.8) is 0 Å². The van der Waals surface area contributed by atoms with Crippen LogP contribution in [0.15, 0.2) is 42.5 Å². The minimum Gasteiger partial charge on any atom is -0.352 e. The molecule has 6 heteroatoms. The minimum absolute atomic E-state index is 0.0311. The molecule has 0 aromatic heterocycles. The van der Waals surface area contributed by atoms with Crippen LogP contribution in [0.3, 0.4) is 0 Å². The van der Waals surface area contributed by atoms with Gasteiger partial charge in [0.2, 0.25) is 5.91 Å². The van der Waals surface area contributed by atoms with Gasteiger partial charge in [-0.15, -0.1) is 0 Å². The molecule has 2 N–H and O–H groups in total. The molecule has 3 amide bonds. The fourth-order valence-corrected chi connectivity index (χ4v) is 3.49. The maximum Gasteiger partial charge on any atom is 0.321 e. The lowest BCUT2D eigenvalue weighted by atomic mass is 9.79. The lowest BCUT2D eigenvalue weighted by Crippen LogP contribution is -2.49. The average molecular weight is 397 g/mol. The molecule has 0 radical (unpaired) electrons. The Morgan fingerprint density at radius 2 is 1.72 bits per heavy atom. The van der Waals surface area contributed by atoms with Crippen molar-refractivity contribution in [1.82, 2.24) is 10.2 Å². The summed E-state index contributed by atoms with van der Waals surface area (Å²) in [6.45, 7) is 7.31. The third-order valence-corrected chi connectivity index (χ3v) is 5.70. The summed E-state index contributed by atoms with van der Waals surface area (Å²) in [6, 6.07) is 11.9. The summed E-state index contributed by atoms with van der Waals surface area (Å²) in [6.07, 6.45) is 1.20. The van der Waals surface area contributed by atoms with E-state index in [-0.39, 0.29) is 17.8 Å². The third kappa shape index (κ3) is 5.13. The standard InChI is InChI=1S/C23H28FN3O2/c1-16-4-5-17(2)20(14-16)26-22(29)27-12-10-23(3,11-13-27)21(28)25-15-18-6-8-19(24)9-7-18/h4-9,14H,10-13,15H2,1-3H3,(H,25,28)(H,26,29). The van der Waals surface area contributed by atoms with E-state index in [4.69, 9.17) is 0 Å². The van der Waals surface area contributed by atoms with Crippen molar-refractivity contribution in [3.8, 4) is 0 Å². The first kappa shape index (κ1) is 20.8. The van der Waals surface area contributed by atoms with Crippen LogP contribution in [-0.2, 0) is 11.3 Å². The van der Waals surface area contributed by atoms with Gasteiger partial charge in [0, 0.05) is 30.7 Å². The topological polar surface area (TPSA) is 61.4 Å². The highest BCUT2D eigenvalue weighted by Crippen LogP contribution is 2.31. The molecule has 1 aliphatic rings. The molecule has 1 saturated heterocycles. The van der Waals surface area contributed by atoms with Gasteiger partial charge in [-0.1, -0.05) is 31.2 Å². The minimum atomic E-state index is -0.518. The zero-order chi connectivity index (χ0) is 21.0. The number of anilines is 1. The molecule has 2 aromatic carbocycles. The maximum atomic E-state index is 13.0. The predicted octanol–water partition coefficient (Wildman–Crippen LogP) is 4.39. The number of piperidine rings is 1. The van der Waals surface area contributed by atoms with Gasteiger partial charge in [-0.3, -0.25) is 4.79 Å². The van der Waals surface area contributed by atoms with Crippen molar-refractivity contribution < 1.29 is 14.0 Å². The Kier molecular flexibility index (Phi) is 6.20. The van der Waals surface area contributed by atoms with Gasteiger partial charge in [-0.05, 0) is 61.6 Å². The lowest BCUT2D eigenvalue weighted by Gasteiger charge is -2.38. The summed E-state index contributed by atoms with van der Waals surface area (Å²) in [5.74, 6) is -0.324. The summed E-state index contributed by atoms with van der Waals surface area (Å²) in [5.41, 5.74) is 3.27. The fourth-order valence-electron chi connectivity index (χ4n) is 3.49. The smallest absolute Gasteiger partial charge is 0.321 e. The number of halogens is 1. The summed E-state index contributed by atoms with van der Waals surface area (Å²) in [4.78, 5) is 27.1. The van der Waals surface area contributed by atoms with Crippen LogP contribution < -0.4 is 10.6 Å². The molecule has 0 saturated carbocycles. The van der Waals surface area contributed by atoms with Gasteiger partial charge in [0.05, 0.1) is 0 Å². The van der Waals surface area contributed by atoms with Crippen molar-refractivity contribution in [2.45, 2.75) is 40.2 Å². The van der Waals surface area contributed by atoms with Crippen LogP contribution in [0.4, 0.5) is 14.9 Å². The second kappa shape index (κ2) is 8.64. The Bertz CT molecular complexity index is 887. The van der Waals surface area contributed by atoms with Gasteiger partial charge in [-0.2, -0.15) is 0 Å². The second-order valence-electron chi connectivity index (χ2n) is 8.11. The van der Waals surface area contributed by atoms with E-state index in [0.717, 1.165) is 22.4 Å². The molecule has 154 valence electrons. The van der Waals surface area contributed by atoms with Crippen LogP contribution in [0.25, 0.3) is 0 Å². The molecule has 3 rings (SSSR count). The van der Waals surface area contributed by atoms with Crippen LogP contribution in [0, 0.1) is 25.1 Å². The zero-order valence-corrected chi connectivity index (χ0v) is 17.2. The van der Waals surface area contributed by atoms with Crippen LogP contribution in [-0.4, -0.2) is 29.9 Å². The lowest BCUT2D eigenvalue weighted by molar-refractivity contribution is -0.132. The molecule has 1 fully saturated rings. The Balaban J connectivity index is 1.52. The molecule has 0 aliphatic carbocycles. The van der Waals surface area contributed by atoms with Crippen molar-refractivity contribution in [1.29, 1.82) is 0 Å². The average Bonchev–Trinajstić information content (AvgIpc) is 2.70. The van der Waals surface area contributed by atoms with Crippen molar-refractivity contribution in [2.24, 2.45) is 5.41 Å². The van der Waals surface area contributed by atoms with Gasteiger partial charge in [0.15, 0.2) is 0 Å². The van der Waals surface area contributed by atoms with Crippen molar-refractivity contribution in [2.75, 3.05) is 18.4 Å². The molecule has 1 heterocycles. The first-order chi connectivity index (χ1) is 13.8. The molecule has 0 spiro atoms. The second-order valence-corrected chi connectivity index (χ2v) is 8.11. The highest BCUT2D eigenvalue weighted by Gasteiger charge is 2.38. The number of likely N-dealkylation sites (tertiary alicyclic amines) is 1. The molecular formula is C23H28FN3O2. The van der Waals surface area contributed by atoms with E-state index < -0.39 is 5.41 Å². The Labute approximate surface area is 171 Å². The Morgan fingerprint density at radius 3 is 2.38 bits per heavy atom. The number of hydrogen-bond acceptors (Lipinski definition) is 2. The van der Waals surface area contributed by atoms with Crippen LogP contribution in [0.2, 0.25) is 0 Å². The number of carbonyl (C=O) groups excluding carboxylic acids is 2. The molecule has 0 bridgehead atoms. The quantitative estimate of drug-likeness (QED) is 0.804. The van der Waals surface area contributed by atoms with Crippen molar-refractivity contribution >= 4 is 17.6 Å². The number of hydrogen-bond donors (Lipinski definition) is 2. The number of rotatable bonds is 4. The summed E-state index contributed by atoms with van der Waals surface area (Å²) in [5, 5.41) is 5.93. The largest absolute Gasteiger partial charge is 0.352 e. The molecule has 0 unspecified atom stereocenters. The van der Waals surface area contributed by atoms with E-state index in [2.05, 4.69) is 10.6 Å². The summed E-state index contributed by atoms with van der Waals surface area (Å²) >= 11 is 0. The third-order valence-electron chi connectivity index (χ3n) is 5.70. The zero-order valence-electron chi connectivity index (χ0n) is 17.2. The van der Waals surface area contributed by atoms with Crippen LogP contribution in [0.1, 0.15) is 36.5 Å². The fraction of sp³-hybridized carbons (Fsp3) is 0.391. The van der Waals surface area contributed by atoms with Gasteiger partial charge in [0.1, 0.15) is 5.82 Å². The molecular weight excluding hydrogens is 369 g/mol. The monoisotopic (exact) mass is 397 g/mol. The number of amides is 3. The SMILES string of the molecule is Cc1ccc(C)c(NC(=O)N2CCC(C)(C(=O)NCc3ccc(F)cc3)CC2)c1. The molecule has 0 atom stereocenters. The number of nitrogens with one attached hydrogen (secondary N) is 2. The predicted molar refractivity (Wildman–Crippen MR) is 112 cm³/mol. The molecule has 1 aliphatic heterocycles.